The highest BCUT2D eigenvalue weighted by Gasteiger charge is 2.43. The van der Waals surface area contributed by atoms with Gasteiger partial charge in [-0.3, -0.25) is 0 Å². The molecule has 3 atom stereocenters. The summed E-state index contributed by atoms with van der Waals surface area (Å²) in [6.07, 6.45) is 0.579. The highest BCUT2D eigenvalue weighted by Crippen LogP contribution is 2.20. The lowest BCUT2D eigenvalue weighted by Crippen LogP contribution is -2.41. The Morgan fingerprint density at radius 1 is 0.889 bits per heavy atom. The van der Waals surface area contributed by atoms with Crippen molar-refractivity contribution >= 4 is 6.21 Å². The number of ether oxygens (including phenoxy) is 4. The summed E-state index contributed by atoms with van der Waals surface area (Å²) in [7, 11) is 1.55. The molecule has 0 radical (unpaired) electrons. The van der Waals surface area contributed by atoms with Crippen molar-refractivity contribution in [3.05, 3.63) is 77.0 Å². The van der Waals surface area contributed by atoms with Crippen molar-refractivity contribution in [3.63, 3.8) is 0 Å². The van der Waals surface area contributed by atoms with E-state index in [0.29, 0.717) is 13.2 Å². The minimum absolute atomic E-state index is 0.0950. The summed E-state index contributed by atoms with van der Waals surface area (Å²) in [5.41, 5.74) is 2.10. The molecule has 6 heteroatoms. The fraction of sp³-hybridized carbons (Fsp3) is 0.381. The van der Waals surface area contributed by atoms with E-state index in [-0.39, 0.29) is 13.4 Å². The Labute approximate surface area is 159 Å². The Balaban J connectivity index is 1.60. The standard InChI is InChI=1S/C21H25NO5/c1-24-16-27-20-12-22(23)19(15-25-13-17-8-4-2-5-9-17)21(20)26-14-18-10-6-3-7-11-18/h2-12,19-21H,13-16H2,1H3/t19-,20-,21-/m1/s1. The van der Waals surface area contributed by atoms with Gasteiger partial charge in [-0.15, -0.1) is 0 Å². The van der Waals surface area contributed by atoms with Gasteiger partial charge in [0.15, 0.2) is 18.4 Å². The van der Waals surface area contributed by atoms with Crippen molar-refractivity contribution in [1.82, 2.24) is 0 Å². The lowest BCUT2D eigenvalue weighted by atomic mass is 10.1. The summed E-state index contributed by atoms with van der Waals surface area (Å²) >= 11 is 0. The van der Waals surface area contributed by atoms with Crippen molar-refractivity contribution < 1.29 is 23.7 Å². The zero-order chi connectivity index (χ0) is 18.9. The van der Waals surface area contributed by atoms with Gasteiger partial charge in [-0.2, -0.15) is 0 Å². The van der Waals surface area contributed by atoms with E-state index in [1.165, 1.54) is 6.21 Å². The van der Waals surface area contributed by atoms with Crippen LogP contribution in [0.2, 0.25) is 0 Å². The molecule has 2 aromatic carbocycles. The predicted molar refractivity (Wildman–Crippen MR) is 101 cm³/mol. The lowest BCUT2D eigenvalue weighted by molar-refractivity contribution is -0.504. The predicted octanol–water partition coefficient (Wildman–Crippen LogP) is 2.74. The van der Waals surface area contributed by atoms with E-state index in [1.54, 1.807) is 7.11 Å². The molecule has 0 amide bonds. The molecule has 0 bridgehead atoms. The molecule has 1 aliphatic rings. The average molecular weight is 371 g/mol. The van der Waals surface area contributed by atoms with E-state index in [2.05, 4.69) is 0 Å². The van der Waals surface area contributed by atoms with E-state index in [1.807, 2.05) is 60.7 Å². The number of hydroxylamine groups is 1. The second kappa shape index (κ2) is 10.2. The van der Waals surface area contributed by atoms with E-state index in [9.17, 15) is 5.21 Å². The minimum atomic E-state index is -0.475. The van der Waals surface area contributed by atoms with E-state index in [0.717, 1.165) is 15.9 Å². The monoisotopic (exact) mass is 371 g/mol. The summed E-state index contributed by atoms with van der Waals surface area (Å²) in [6.45, 7) is 1.19. The van der Waals surface area contributed by atoms with Gasteiger partial charge in [0.25, 0.3) is 0 Å². The maximum atomic E-state index is 12.4. The van der Waals surface area contributed by atoms with Crippen molar-refractivity contribution in [1.29, 1.82) is 0 Å². The van der Waals surface area contributed by atoms with Crippen molar-refractivity contribution in [2.75, 3.05) is 20.5 Å². The SMILES string of the molecule is COCO[C@@H]1C=[N+]([O-])[C@H](COCc2ccccc2)[C@H]1OCc1ccccc1. The summed E-state index contributed by atoms with van der Waals surface area (Å²) in [5.74, 6) is 0. The zero-order valence-electron chi connectivity index (χ0n) is 15.4. The smallest absolute Gasteiger partial charge is 0.215 e. The van der Waals surface area contributed by atoms with Crippen LogP contribution in [-0.4, -0.2) is 49.7 Å². The molecule has 1 aliphatic heterocycles. The maximum Gasteiger partial charge on any atom is 0.215 e. The van der Waals surface area contributed by atoms with Crippen LogP contribution in [0.25, 0.3) is 0 Å². The Bertz CT molecular complexity index is 707. The third kappa shape index (κ3) is 5.61. The molecule has 0 N–H and O–H groups in total. The van der Waals surface area contributed by atoms with Gasteiger partial charge in [-0.05, 0) is 11.1 Å². The Morgan fingerprint density at radius 2 is 1.52 bits per heavy atom. The zero-order valence-corrected chi connectivity index (χ0v) is 15.4. The first-order chi connectivity index (χ1) is 13.3. The number of rotatable bonds is 10. The first-order valence-electron chi connectivity index (χ1n) is 8.96. The second-order valence-corrected chi connectivity index (χ2v) is 6.38. The highest BCUT2D eigenvalue weighted by molar-refractivity contribution is 5.61. The Hall–Kier alpha value is -2.25. The molecule has 0 aliphatic carbocycles. The molecule has 144 valence electrons. The molecule has 0 spiro atoms. The van der Waals surface area contributed by atoms with E-state index >= 15 is 0 Å². The molecule has 1 heterocycles. The van der Waals surface area contributed by atoms with Gasteiger partial charge in [0.05, 0.1) is 13.2 Å². The van der Waals surface area contributed by atoms with Crippen LogP contribution in [0, 0.1) is 5.21 Å². The van der Waals surface area contributed by atoms with Crippen LogP contribution in [-0.2, 0) is 32.2 Å². The van der Waals surface area contributed by atoms with Crippen molar-refractivity contribution in [2.24, 2.45) is 0 Å². The maximum absolute atomic E-state index is 12.4. The Morgan fingerprint density at radius 3 is 2.15 bits per heavy atom. The summed E-state index contributed by atoms with van der Waals surface area (Å²) in [4.78, 5) is 0. The summed E-state index contributed by atoms with van der Waals surface area (Å²) in [5, 5.41) is 12.4. The van der Waals surface area contributed by atoms with E-state index < -0.39 is 18.2 Å². The first-order valence-corrected chi connectivity index (χ1v) is 8.96. The summed E-state index contributed by atoms with van der Waals surface area (Å²) < 4.78 is 23.3. The van der Waals surface area contributed by atoms with Crippen LogP contribution in [0.5, 0.6) is 0 Å². The van der Waals surface area contributed by atoms with Gasteiger partial charge >= 0.3 is 0 Å². The fourth-order valence-electron chi connectivity index (χ4n) is 3.00. The van der Waals surface area contributed by atoms with Gasteiger partial charge in [0.2, 0.25) is 6.04 Å². The first kappa shape index (κ1) is 19.5. The van der Waals surface area contributed by atoms with Gasteiger partial charge in [-0.25, -0.2) is 4.74 Å². The van der Waals surface area contributed by atoms with Crippen LogP contribution in [0.15, 0.2) is 60.7 Å². The topological polar surface area (TPSA) is 63.0 Å². The van der Waals surface area contributed by atoms with Crippen LogP contribution in [0.1, 0.15) is 11.1 Å². The minimum Gasteiger partial charge on any atom is -0.624 e. The number of hydrogen-bond donors (Lipinski definition) is 0. The second-order valence-electron chi connectivity index (χ2n) is 6.38. The van der Waals surface area contributed by atoms with E-state index in [4.69, 9.17) is 18.9 Å². The largest absolute Gasteiger partial charge is 0.624 e. The molecule has 0 fully saturated rings. The van der Waals surface area contributed by atoms with Gasteiger partial charge < -0.3 is 24.2 Å². The quantitative estimate of drug-likeness (QED) is 0.365. The molecular weight excluding hydrogens is 346 g/mol. The number of nitrogens with zero attached hydrogens (tertiary/aromatic N) is 1. The third-order valence-corrected chi connectivity index (χ3v) is 4.39. The van der Waals surface area contributed by atoms with Crippen molar-refractivity contribution in [3.8, 4) is 0 Å². The number of methoxy groups -OCH3 is 1. The molecule has 0 saturated carbocycles. The van der Waals surface area contributed by atoms with Gasteiger partial charge in [-0.1, -0.05) is 60.7 Å². The highest BCUT2D eigenvalue weighted by atomic mass is 16.7. The van der Waals surface area contributed by atoms with Gasteiger partial charge in [0, 0.05) is 7.11 Å². The molecule has 0 saturated heterocycles. The average Bonchev–Trinajstić information content (AvgIpc) is 3.01. The Kier molecular flexibility index (Phi) is 7.36. The van der Waals surface area contributed by atoms with Crippen LogP contribution in [0.4, 0.5) is 0 Å². The molecule has 6 nitrogen and oxygen atoms in total. The van der Waals surface area contributed by atoms with Crippen LogP contribution >= 0.6 is 0 Å². The number of hydrogen-bond acceptors (Lipinski definition) is 5. The molecule has 27 heavy (non-hydrogen) atoms. The lowest BCUT2D eigenvalue weighted by Gasteiger charge is -2.22. The normalized spacial score (nSPS) is 22.0. The molecule has 0 unspecified atom stereocenters. The third-order valence-electron chi connectivity index (χ3n) is 4.39. The summed E-state index contributed by atoms with van der Waals surface area (Å²) in [6, 6.07) is 19.2. The molecule has 3 rings (SSSR count). The fourth-order valence-corrected chi connectivity index (χ4v) is 3.00. The van der Waals surface area contributed by atoms with Crippen molar-refractivity contribution in [2.45, 2.75) is 31.5 Å². The van der Waals surface area contributed by atoms with Crippen LogP contribution < -0.4 is 0 Å². The molecule has 2 aromatic rings. The van der Waals surface area contributed by atoms with Crippen LogP contribution in [0.3, 0.4) is 0 Å². The van der Waals surface area contributed by atoms with Gasteiger partial charge in [0.1, 0.15) is 13.4 Å². The number of benzene rings is 2. The molecular formula is C21H25NO5. The molecule has 0 aromatic heterocycles.